The number of H-pyrrole nitrogens is 1. The van der Waals surface area contributed by atoms with Crippen LogP contribution >= 0.6 is 11.6 Å². The van der Waals surface area contributed by atoms with E-state index in [0.717, 1.165) is 0 Å². The Kier molecular flexibility index (Phi) is 4.73. The lowest BCUT2D eigenvalue weighted by Gasteiger charge is -2.37. The van der Waals surface area contributed by atoms with E-state index in [2.05, 4.69) is 10.2 Å². The Labute approximate surface area is 124 Å². The van der Waals surface area contributed by atoms with E-state index in [1.807, 2.05) is 13.8 Å². The topological polar surface area (TPSA) is 75.3 Å². The van der Waals surface area contributed by atoms with Gasteiger partial charge in [-0.3, -0.25) is 5.10 Å². The van der Waals surface area contributed by atoms with Crippen molar-refractivity contribution >= 4 is 21.6 Å². The van der Waals surface area contributed by atoms with Crippen LogP contribution in [-0.2, 0) is 20.6 Å². The molecule has 0 spiro atoms. The van der Waals surface area contributed by atoms with Gasteiger partial charge in [-0.05, 0) is 20.3 Å². The van der Waals surface area contributed by atoms with E-state index in [4.69, 9.17) is 16.3 Å². The molecule has 0 saturated carbocycles. The minimum atomic E-state index is -3.61. The molecule has 1 aliphatic heterocycles. The van der Waals surface area contributed by atoms with Gasteiger partial charge in [0, 0.05) is 12.6 Å². The molecule has 2 unspecified atom stereocenters. The second kappa shape index (κ2) is 6.01. The van der Waals surface area contributed by atoms with Crippen LogP contribution in [0.1, 0.15) is 31.7 Å². The fourth-order valence-corrected chi connectivity index (χ4v) is 4.81. The summed E-state index contributed by atoms with van der Waals surface area (Å²) in [6.07, 6.45) is 0.596. The Morgan fingerprint density at radius 1 is 1.55 bits per heavy atom. The van der Waals surface area contributed by atoms with E-state index in [9.17, 15) is 8.42 Å². The standard InChI is InChI=1S/C12H20ClN3O3S/c1-4-10-7-19-8(2)6-16(10)20(17,18)12-9(3)14-15-11(12)5-13/h8,10H,4-7H2,1-3H3,(H,14,15). The first-order valence-corrected chi connectivity index (χ1v) is 8.62. The molecule has 2 rings (SSSR count). The summed E-state index contributed by atoms with van der Waals surface area (Å²) in [5, 5.41) is 6.68. The Morgan fingerprint density at radius 2 is 2.25 bits per heavy atom. The van der Waals surface area contributed by atoms with Crippen LogP contribution < -0.4 is 0 Å². The molecule has 6 nitrogen and oxygen atoms in total. The van der Waals surface area contributed by atoms with Crippen molar-refractivity contribution in [2.24, 2.45) is 0 Å². The molecule has 20 heavy (non-hydrogen) atoms. The van der Waals surface area contributed by atoms with E-state index in [1.54, 1.807) is 6.92 Å². The summed E-state index contributed by atoms with van der Waals surface area (Å²) in [6, 6.07) is -0.145. The third-order valence-electron chi connectivity index (χ3n) is 3.54. The van der Waals surface area contributed by atoms with Gasteiger partial charge < -0.3 is 4.74 Å². The first-order valence-electron chi connectivity index (χ1n) is 6.65. The van der Waals surface area contributed by atoms with Crippen molar-refractivity contribution < 1.29 is 13.2 Å². The number of aromatic nitrogens is 2. The third kappa shape index (κ3) is 2.72. The van der Waals surface area contributed by atoms with Crippen molar-refractivity contribution in [1.82, 2.24) is 14.5 Å². The summed E-state index contributed by atoms with van der Waals surface area (Å²) in [5.74, 6) is 0.0651. The summed E-state index contributed by atoms with van der Waals surface area (Å²) in [5.41, 5.74) is 0.896. The molecule has 114 valence electrons. The number of alkyl halides is 1. The molecule has 0 amide bonds. The van der Waals surface area contributed by atoms with E-state index >= 15 is 0 Å². The number of rotatable bonds is 4. The van der Waals surface area contributed by atoms with E-state index in [0.29, 0.717) is 31.0 Å². The van der Waals surface area contributed by atoms with Gasteiger partial charge in [0.15, 0.2) is 0 Å². The van der Waals surface area contributed by atoms with Crippen molar-refractivity contribution in [3.8, 4) is 0 Å². The summed E-state index contributed by atoms with van der Waals surface area (Å²) in [7, 11) is -3.61. The third-order valence-corrected chi connectivity index (χ3v) is 5.92. The Bertz CT molecular complexity index is 573. The van der Waals surface area contributed by atoms with Gasteiger partial charge in [0.05, 0.1) is 30.0 Å². The maximum absolute atomic E-state index is 12.9. The number of hydrogen-bond acceptors (Lipinski definition) is 4. The molecule has 0 radical (unpaired) electrons. The predicted molar refractivity (Wildman–Crippen MR) is 76.3 cm³/mol. The van der Waals surface area contributed by atoms with Crippen LogP contribution in [0.2, 0.25) is 0 Å². The van der Waals surface area contributed by atoms with Crippen LogP contribution in [0.4, 0.5) is 0 Å². The van der Waals surface area contributed by atoms with Gasteiger partial charge in [-0.25, -0.2) is 8.42 Å². The summed E-state index contributed by atoms with van der Waals surface area (Å²) >= 11 is 5.80. The number of nitrogens with one attached hydrogen (secondary N) is 1. The average molecular weight is 322 g/mol. The number of ether oxygens (including phenoxy) is 1. The quantitative estimate of drug-likeness (QED) is 0.855. The predicted octanol–water partition coefficient (Wildman–Crippen LogP) is 1.64. The summed E-state index contributed by atoms with van der Waals surface area (Å²) in [4.78, 5) is 0.208. The van der Waals surface area contributed by atoms with Crippen LogP contribution in [0.5, 0.6) is 0 Å². The highest BCUT2D eigenvalue weighted by Gasteiger charge is 2.38. The van der Waals surface area contributed by atoms with E-state index in [1.165, 1.54) is 4.31 Å². The van der Waals surface area contributed by atoms with E-state index < -0.39 is 10.0 Å². The smallest absolute Gasteiger partial charge is 0.247 e. The van der Waals surface area contributed by atoms with Crippen molar-refractivity contribution in [1.29, 1.82) is 0 Å². The molecule has 0 bridgehead atoms. The number of morpholine rings is 1. The Balaban J connectivity index is 2.44. The first kappa shape index (κ1) is 15.8. The van der Waals surface area contributed by atoms with E-state index in [-0.39, 0.29) is 22.9 Å². The van der Waals surface area contributed by atoms with Crippen molar-refractivity contribution in [2.45, 2.75) is 50.1 Å². The Morgan fingerprint density at radius 3 is 2.85 bits per heavy atom. The van der Waals surface area contributed by atoms with Gasteiger partial charge >= 0.3 is 0 Å². The molecule has 2 heterocycles. The van der Waals surface area contributed by atoms with Gasteiger partial charge in [0.25, 0.3) is 0 Å². The highest BCUT2D eigenvalue weighted by atomic mass is 35.5. The minimum Gasteiger partial charge on any atom is -0.375 e. The normalized spacial score (nSPS) is 25.0. The molecule has 1 N–H and O–H groups in total. The highest BCUT2D eigenvalue weighted by molar-refractivity contribution is 7.89. The number of nitrogens with zero attached hydrogens (tertiary/aromatic N) is 2. The minimum absolute atomic E-state index is 0.0651. The van der Waals surface area contributed by atoms with Crippen LogP contribution in [-0.4, -0.2) is 48.2 Å². The zero-order valence-corrected chi connectivity index (χ0v) is 13.5. The van der Waals surface area contributed by atoms with Crippen molar-refractivity contribution in [3.63, 3.8) is 0 Å². The second-order valence-electron chi connectivity index (χ2n) is 5.04. The van der Waals surface area contributed by atoms with Crippen LogP contribution in [0, 0.1) is 6.92 Å². The first-order chi connectivity index (χ1) is 9.41. The molecule has 0 aromatic carbocycles. The van der Waals surface area contributed by atoms with Crippen LogP contribution in [0.25, 0.3) is 0 Å². The van der Waals surface area contributed by atoms with Crippen molar-refractivity contribution in [3.05, 3.63) is 11.4 Å². The second-order valence-corrected chi connectivity index (χ2v) is 7.13. The van der Waals surface area contributed by atoms with Gasteiger partial charge in [-0.1, -0.05) is 6.92 Å². The number of halogens is 1. The van der Waals surface area contributed by atoms with Gasteiger partial charge in [-0.15, -0.1) is 11.6 Å². The summed E-state index contributed by atoms with van der Waals surface area (Å²) in [6.45, 7) is 6.30. The maximum atomic E-state index is 12.9. The molecule has 2 atom stereocenters. The molecular formula is C12H20ClN3O3S. The SMILES string of the molecule is CCC1COC(C)CN1S(=O)(=O)c1c(CCl)n[nH]c1C. The van der Waals surface area contributed by atoms with Crippen LogP contribution in [0.3, 0.4) is 0 Å². The lowest BCUT2D eigenvalue weighted by atomic mass is 10.2. The molecule has 0 aliphatic carbocycles. The lowest BCUT2D eigenvalue weighted by Crippen LogP contribution is -2.51. The van der Waals surface area contributed by atoms with Gasteiger partial charge in [0.1, 0.15) is 4.90 Å². The average Bonchev–Trinajstić information content (AvgIpc) is 2.80. The molecule has 8 heteroatoms. The zero-order valence-electron chi connectivity index (χ0n) is 11.9. The molecule has 1 aromatic heterocycles. The fraction of sp³-hybridized carbons (Fsp3) is 0.750. The number of aryl methyl sites for hydroxylation is 1. The zero-order chi connectivity index (χ0) is 14.9. The maximum Gasteiger partial charge on any atom is 0.247 e. The highest BCUT2D eigenvalue weighted by Crippen LogP contribution is 2.28. The molecular weight excluding hydrogens is 302 g/mol. The number of sulfonamides is 1. The molecule has 1 fully saturated rings. The molecule has 1 aromatic rings. The number of hydrogen-bond donors (Lipinski definition) is 1. The van der Waals surface area contributed by atoms with Crippen molar-refractivity contribution in [2.75, 3.05) is 13.2 Å². The van der Waals surface area contributed by atoms with Crippen LogP contribution in [0.15, 0.2) is 4.90 Å². The van der Waals surface area contributed by atoms with Gasteiger partial charge in [-0.2, -0.15) is 9.40 Å². The Hall–Kier alpha value is -0.630. The molecule has 1 saturated heterocycles. The molecule has 1 aliphatic rings. The monoisotopic (exact) mass is 321 g/mol. The fourth-order valence-electron chi connectivity index (χ4n) is 2.45. The summed E-state index contributed by atoms with van der Waals surface area (Å²) < 4.78 is 32.9. The lowest BCUT2D eigenvalue weighted by molar-refractivity contribution is -0.0230. The number of aromatic amines is 1. The largest absolute Gasteiger partial charge is 0.375 e. The van der Waals surface area contributed by atoms with Gasteiger partial charge in [0.2, 0.25) is 10.0 Å².